The van der Waals surface area contributed by atoms with Crippen molar-refractivity contribution in [3.05, 3.63) is 100 Å². The maximum Gasteiger partial charge on any atom is 0.327 e. The van der Waals surface area contributed by atoms with E-state index in [9.17, 15) is 14.7 Å². The van der Waals surface area contributed by atoms with Gasteiger partial charge in [0, 0.05) is 22.7 Å². The number of hydrogen-bond acceptors (Lipinski definition) is 5. The summed E-state index contributed by atoms with van der Waals surface area (Å²) in [5, 5.41) is 10.5. The molecule has 0 bridgehead atoms. The Kier molecular flexibility index (Phi) is 6.71. The van der Waals surface area contributed by atoms with Gasteiger partial charge in [0.1, 0.15) is 29.9 Å². The minimum atomic E-state index is -1.02. The number of carbonyl (C=O) groups is 2. The fourth-order valence-electron chi connectivity index (χ4n) is 4.66. The minimum Gasteiger partial charge on any atom is -0.487 e. The second kappa shape index (κ2) is 9.99. The molecule has 0 fully saturated rings. The van der Waals surface area contributed by atoms with Gasteiger partial charge >= 0.3 is 5.97 Å². The first-order valence-electron chi connectivity index (χ1n) is 12.2. The SMILES string of the molecule is Cc1oc(-c2ccc(Cl)cc2)nc1COc1cccc(C(C)(C)C(=O)N2c3ccccc3CC2C(=O)O)c1. The van der Waals surface area contributed by atoms with Crippen LogP contribution >= 0.6 is 11.6 Å². The number of aromatic nitrogens is 1. The van der Waals surface area contributed by atoms with Crippen molar-refractivity contribution in [2.24, 2.45) is 0 Å². The average Bonchev–Trinajstić information content (AvgIpc) is 3.48. The second-order valence-corrected chi connectivity index (χ2v) is 10.3. The molecule has 1 N–H and O–H groups in total. The predicted octanol–water partition coefficient (Wildman–Crippen LogP) is 6.20. The molecular formula is C30H27ClN2O5. The Morgan fingerprint density at radius 2 is 1.84 bits per heavy atom. The molecule has 5 rings (SSSR count). The number of amides is 1. The number of para-hydroxylation sites is 1. The molecule has 4 aromatic rings. The Morgan fingerprint density at radius 3 is 2.58 bits per heavy atom. The normalized spacial score (nSPS) is 14.8. The minimum absolute atomic E-state index is 0.182. The first kappa shape index (κ1) is 25.5. The van der Waals surface area contributed by atoms with Gasteiger partial charge in [0.15, 0.2) is 0 Å². The lowest BCUT2D eigenvalue weighted by molar-refractivity contribution is -0.140. The lowest BCUT2D eigenvalue weighted by Gasteiger charge is -2.32. The number of carboxylic acid groups (broad SMARTS) is 1. The topological polar surface area (TPSA) is 92.9 Å². The number of carboxylic acids is 1. The maximum absolute atomic E-state index is 13.8. The molecule has 194 valence electrons. The van der Waals surface area contributed by atoms with Crippen LogP contribution in [-0.4, -0.2) is 28.0 Å². The van der Waals surface area contributed by atoms with E-state index in [1.807, 2.05) is 61.5 Å². The van der Waals surface area contributed by atoms with E-state index in [-0.39, 0.29) is 18.9 Å². The van der Waals surface area contributed by atoms with Gasteiger partial charge in [-0.15, -0.1) is 0 Å². The number of hydrogen-bond donors (Lipinski definition) is 1. The molecule has 0 aliphatic carbocycles. The number of nitrogens with zero attached hydrogens (tertiary/aromatic N) is 2. The number of fused-ring (bicyclic) bond motifs is 1. The number of benzene rings is 3. The van der Waals surface area contributed by atoms with Crippen molar-refractivity contribution in [2.75, 3.05) is 4.90 Å². The quantitative estimate of drug-likeness (QED) is 0.306. The summed E-state index contributed by atoms with van der Waals surface area (Å²) >= 11 is 5.98. The molecule has 38 heavy (non-hydrogen) atoms. The van der Waals surface area contributed by atoms with E-state index >= 15 is 0 Å². The molecule has 1 aliphatic heterocycles. The largest absolute Gasteiger partial charge is 0.487 e. The predicted molar refractivity (Wildman–Crippen MR) is 145 cm³/mol. The van der Waals surface area contributed by atoms with Crippen LogP contribution in [0.5, 0.6) is 5.75 Å². The maximum atomic E-state index is 13.8. The van der Waals surface area contributed by atoms with E-state index in [4.69, 9.17) is 20.8 Å². The third-order valence-electron chi connectivity index (χ3n) is 6.93. The van der Waals surface area contributed by atoms with Crippen molar-refractivity contribution in [3.8, 4) is 17.2 Å². The van der Waals surface area contributed by atoms with Crippen LogP contribution in [0.1, 0.15) is 36.4 Å². The molecule has 7 nitrogen and oxygen atoms in total. The third kappa shape index (κ3) is 4.77. The number of oxazole rings is 1. The third-order valence-corrected chi connectivity index (χ3v) is 7.18. The molecule has 0 spiro atoms. The van der Waals surface area contributed by atoms with E-state index < -0.39 is 17.4 Å². The van der Waals surface area contributed by atoms with Gasteiger partial charge in [0.25, 0.3) is 0 Å². The summed E-state index contributed by atoms with van der Waals surface area (Å²) in [6.45, 7) is 5.61. The zero-order valence-corrected chi connectivity index (χ0v) is 22.0. The van der Waals surface area contributed by atoms with Crippen molar-refractivity contribution in [2.45, 2.75) is 45.3 Å². The number of aryl methyl sites for hydroxylation is 1. The first-order chi connectivity index (χ1) is 18.1. The van der Waals surface area contributed by atoms with Crippen LogP contribution in [-0.2, 0) is 28.0 Å². The summed E-state index contributed by atoms with van der Waals surface area (Å²) in [7, 11) is 0. The highest BCUT2D eigenvalue weighted by atomic mass is 35.5. The molecule has 1 aromatic heterocycles. The van der Waals surface area contributed by atoms with Gasteiger partial charge < -0.3 is 14.3 Å². The zero-order chi connectivity index (χ0) is 27.0. The van der Waals surface area contributed by atoms with Crippen LogP contribution in [0.25, 0.3) is 11.5 Å². The van der Waals surface area contributed by atoms with Gasteiger partial charge in [-0.05, 0) is 74.4 Å². The van der Waals surface area contributed by atoms with E-state index in [2.05, 4.69) is 4.98 Å². The van der Waals surface area contributed by atoms with Crippen LogP contribution in [0.3, 0.4) is 0 Å². The fourth-order valence-corrected chi connectivity index (χ4v) is 4.79. The second-order valence-electron chi connectivity index (χ2n) is 9.83. The molecule has 0 radical (unpaired) electrons. The van der Waals surface area contributed by atoms with E-state index in [1.54, 1.807) is 32.0 Å². The highest BCUT2D eigenvalue weighted by Crippen LogP contribution is 2.38. The van der Waals surface area contributed by atoms with Gasteiger partial charge in [0.2, 0.25) is 11.8 Å². The monoisotopic (exact) mass is 530 g/mol. The average molecular weight is 531 g/mol. The van der Waals surface area contributed by atoms with Gasteiger partial charge in [-0.1, -0.05) is 41.9 Å². The van der Waals surface area contributed by atoms with Gasteiger partial charge in [-0.3, -0.25) is 9.69 Å². The Bertz CT molecular complexity index is 1510. The molecule has 3 aromatic carbocycles. The van der Waals surface area contributed by atoms with Gasteiger partial charge in [-0.2, -0.15) is 0 Å². The van der Waals surface area contributed by atoms with Crippen LogP contribution in [0.4, 0.5) is 5.69 Å². The van der Waals surface area contributed by atoms with E-state index in [0.29, 0.717) is 39.4 Å². The number of ether oxygens (including phenoxy) is 1. The fraction of sp³-hybridized carbons (Fsp3) is 0.233. The molecule has 1 unspecified atom stereocenters. The molecule has 1 amide bonds. The summed E-state index contributed by atoms with van der Waals surface area (Å²) in [5.74, 6) is 0.386. The number of rotatable bonds is 7. The zero-order valence-electron chi connectivity index (χ0n) is 21.3. The van der Waals surface area contributed by atoms with Crippen molar-refractivity contribution < 1.29 is 23.8 Å². The van der Waals surface area contributed by atoms with Crippen LogP contribution < -0.4 is 9.64 Å². The summed E-state index contributed by atoms with van der Waals surface area (Å²) < 4.78 is 11.9. The van der Waals surface area contributed by atoms with Crippen molar-refractivity contribution in [1.29, 1.82) is 0 Å². The summed E-state index contributed by atoms with van der Waals surface area (Å²) in [6.07, 6.45) is 0.283. The van der Waals surface area contributed by atoms with Gasteiger partial charge in [0.05, 0.1) is 5.41 Å². The lowest BCUT2D eigenvalue weighted by Crippen LogP contribution is -2.50. The summed E-state index contributed by atoms with van der Waals surface area (Å²) in [6, 6.07) is 20.9. The van der Waals surface area contributed by atoms with Crippen molar-refractivity contribution in [3.63, 3.8) is 0 Å². The smallest absolute Gasteiger partial charge is 0.327 e. The number of anilines is 1. The Balaban J connectivity index is 1.35. The van der Waals surface area contributed by atoms with Crippen LogP contribution in [0.2, 0.25) is 5.02 Å². The first-order valence-corrected chi connectivity index (χ1v) is 12.6. The Hall–Kier alpha value is -4.10. The molecule has 1 aliphatic rings. The highest BCUT2D eigenvalue weighted by molar-refractivity contribution is 6.30. The van der Waals surface area contributed by atoms with Crippen LogP contribution in [0, 0.1) is 6.92 Å². The van der Waals surface area contributed by atoms with E-state index in [1.165, 1.54) is 4.90 Å². The molecule has 8 heteroatoms. The Labute approximate surface area is 225 Å². The molecule has 2 heterocycles. The van der Waals surface area contributed by atoms with E-state index in [0.717, 1.165) is 11.1 Å². The number of aliphatic carboxylic acids is 1. The van der Waals surface area contributed by atoms with Crippen LogP contribution in [0.15, 0.2) is 77.2 Å². The number of carbonyl (C=O) groups excluding carboxylic acids is 1. The lowest BCUT2D eigenvalue weighted by atomic mass is 9.82. The summed E-state index contributed by atoms with van der Waals surface area (Å²) in [5.41, 5.74) is 2.68. The standard InChI is InChI=1S/C30H27ClN2O5/c1-18-24(32-27(38-18)19-11-13-22(31)14-12-19)17-37-23-9-6-8-21(16-23)30(2,3)29(36)33-25-10-5-4-7-20(25)15-26(33)28(34)35/h4-14,16,26H,15,17H2,1-3H3,(H,34,35). The molecule has 1 atom stereocenters. The molecular weight excluding hydrogens is 504 g/mol. The number of halogens is 1. The molecule has 0 saturated heterocycles. The highest BCUT2D eigenvalue weighted by Gasteiger charge is 2.44. The Morgan fingerprint density at radius 1 is 1.11 bits per heavy atom. The van der Waals surface area contributed by atoms with Crippen molar-refractivity contribution in [1.82, 2.24) is 4.98 Å². The van der Waals surface area contributed by atoms with Crippen molar-refractivity contribution >= 4 is 29.2 Å². The molecule has 0 saturated carbocycles. The van der Waals surface area contributed by atoms with Gasteiger partial charge in [-0.25, -0.2) is 9.78 Å². The summed E-state index contributed by atoms with van der Waals surface area (Å²) in [4.78, 5) is 31.8.